The SMILES string of the molecule is CCc1cc(C(=O)NC(C)CC(C)Cl)n(CC)n1. The van der Waals surface area contributed by atoms with Gasteiger partial charge in [-0.25, -0.2) is 0 Å². The number of aromatic nitrogens is 2. The van der Waals surface area contributed by atoms with Gasteiger partial charge >= 0.3 is 0 Å². The van der Waals surface area contributed by atoms with Crippen LogP contribution in [-0.2, 0) is 13.0 Å². The summed E-state index contributed by atoms with van der Waals surface area (Å²) < 4.78 is 1.74. The minimum atomic E-state index is -0.0751. The van der Waals surface area contributed by atoms with Gasteiger partial charge in [0.2, 0.25) is 0 Å². The maximum atomic E-state index is 12.1. The molecule has 5 heteroatoms. The van der Waals surface area contributed by atoms with E-state index in [1.165, 1.54) is 0 Å². The molecule has 1 aromatic rings. The molecule has 1 heterocycles. The number of aryl methyl sites for hydroxylation is 2. The molecule has 0 aliphatic carbocycles. The van der Waals surface area contributed by atoms with Crippen LogP contribution >= 0.6 is 11.6 Å². The maximum absolute atomic E-state index is 12.1. The molecule has 0 fully saturated rings. The second-order valence-electron chi connectivity index (χ2n) is 4.58. The van der Waals surface area contributed by atoms with Crippen LogP contribution < -0.4 is 5.32 Å². The Labute approximate surface area is 114 Å². The Morgan fingerprint density at radius 3 is 2.67 bits per heavy atom. The summed E-state index contributed by atoms with van der Waals surface area (Å²) in [5.74, 6) is -0.0751. The molecular weight excluding hydrogens is 250 g/mol. The summed E-state index contributed by atoms with van der Waals surface area (Å²) in [6, 6.07) is 1.92. The van der Waals surface area contributed by atoms with Crippen LogP contribution in [0.2, 0.25) is 0 Å². The Hall–Kier alpha value is -1.03. The molecule has 0 aliphatic heterocycles. The first-order chi connectivity index (χ1) is 8.47. The average Bonchev–Trinajstić information content (AvgIpc) is 2.70. The molecule has 4 nitrogen and oxygen atoms in total. The van der Waals surface area contributed by atoms with E-state index in [0.29, 0.717) is 12.2 Å². The average molecular weight is 272 g/mol. The van der Waals surface area contributed by atoms with Crippen LogP contribution in [-0.4, -0.2) is 27.1 Å². The molecule has 2 atom stereocenters. The van der Waals surface area contributed by atoms with E-state index in [2.05, 4.69) is 10.4 Å². The molecule has 0 bridgehead atoms. The van der Waals surface area contributed by atoms with Crippen LogP contribution in [0.1, 0.15) is 50.3 Å². The number of alkyl halides is 1. The maximum Gasteiger partial charge on any atom is 0.269 e. The molecule has 0 saturated carbocycles. The van der Waals surface area contributed by atoms with Crippen LogP contribution in [0.3, 0.4) is 0 Å². The highest BCUT2D eigenvalue weighted by Gasteiger charge is 2.16. The first kappa shape index (κ1) is 15.0. The van der Waals surface area contributed by atoms with Gasteiger partial charge < -0.3 is 5.32 Å². The summed E-state index contributed by atoms with van der Waals surface area (Å²) in [6.07, 6.45) is 1.59. The third-order valence-corrected chi connectivity index (χ3v) is 2.96. The van der Waals surface area contributed by atoms with Crippen LogP contribution in [0.4, 0.5) is 0 Å². The second kappa shape index (κ2) is 6.78. The third kappa shape index (κ3) is 4.02. The van der Waals surface area contributed by atoms with Crippen molar-refractivity contribution in [1.29, 1.82) is 0 Å². The first-order valence-corrected chi connectivity index (χ1v) is 6.93. The topological polar surface area (TPSA) is 46.9 Å². The van der Waals surface area contributed by atoms with Crippen molar-refractivity contribution in [3.63, 3.8) is 0 Å². The van der Waals surface area contributed by atoms with E-state index < -0.39 is 0 Å². The van der Waals surface area contributed by atoms with E-state index >= 15 is 0 Å². The van der Waals surface area contributed by atoms with E-state index in [9.17, 15) is 4.79 Å². The molecule has 102 valence electrons. The van der Waals surface area contributed by atoms with Gasteiger partial charge in [-0.1, -0.05) is 6.92 Å². The molecule has 1 N–H and O–H groups in total. The fourth-order valence-electron chi connectivity index (χ4n) is 1.91. The Kier molecular flexibility index (Phi) is 5.66. The standard InChI is InChI=1S/C13H22ClN3O/c1-5-11-8-12(17(6-2)16-11)13(18)15-10(4)7-9(3)14/h8-10H,5-7H2,1-4H3,(H,15,18). The Balaban J connectivity index is 2.74. The molecule has 2 unspecified atom stereocenters. The highest BCUT2D eigenvalue weighted by atomic mass is 35.5. The van der Waals surface area contributed by atoms with Crippen molar-refractivity contribution in [3.8, 4) is 0 Å². The molecule has 0 radical (unpaired) electrons. The molecule has 18 heavy (non-hydrogen) atoms. The van der Waals surface area contributed by atoms with Gasteiger partial charge in [-0.05, 0) is 39.7 Å². The minimum Gasteiger partial charge on any atom is -0.348 e. The predicted molar refractivity (Wildman–Crippen MR) is 74.1 cm³/mol. The second-order valence-corrected chi connectivity index (χ2v) is 5.33. The van der Waals surface area contributed by atoms with E-state index in [4.69, 9.17) is 11.6 Å². The zero-order valence-corrected chi connectivity index (χ0v) is 12.3. The fraction of sp³-hybridized carbons (Fsp3) is 0.692. The van der Waals surface area contributed by atoms with Gasteiger partial charge in [0.25, 0.3) is 5.91 Å². The monoisotopic (exact) mass is 271 g/mol. The number of amides is 1. The van der Waals surface area contributed by atoms with Crippen LogP contribution in [0.15, 0.2) is 6.07 Å². The molecule has 0 saturated heterocycles. The number of carbonyl (C=O) groups excluding carboxylic acids is 1. The molecule has 1 rings (SSSR count). The molecule has 1 aromatic heterocycles. The lowest BCUT2D eigenvalue weighted by Crippen LogP contribution is -2.35. The molecule has 0 aliphatic rings. The number of rotatable bonds is 6. The number of carbonyl (C=O) groups is 1. The third-order valence-electron chi connectivity index (χ3n) is 2.78. The van der Waals surface area contributed by atoms with Gasteiger partial charge in [-0.15, -0.1) is 11.6 Å². The van der Waals surface area contributed by atoms with Gasteiger partial charge in [0.1, 0.15) is 5.69 Å². The summed E-state index contributed by atoms with van der Waals surface area (Å²) in [5, 5.41) is 7.38. The lowest BCUT2D eigenvalue weighted by atomic mass is 10.2. The largest absolute Gasteiger partial charge is 0.348 e. The van der Waals surface area contributed by atoms with Crippen molar-refractivity contribution >= 4 is 17.5 Å². The fourth-order valence-corrected chi connectivity index (χ4v) is 2.18. The van der Waals surface area contributed by atoms with E-state index in [0.717, 1.165) is 18.5 Å². The lowest BCUT2D eigenvalue weighted by Gasteiger charge is -2.15. The van der Waals surface area contributed by atoms with E-state index in [-0.39, 0.29) is 17.3 Å². The van der Waals surface area contributed by atoms with Crippen LogP contribution in [0.25, 0.3) is 0 Å². The molecule has 1 amide bonds. The number of nitrogens with one attached hydrogen (secondary N) is 1. The van der Waals surface area contributed by atoms with Crippen molar-refractivity contribution in [1.82, 2.24) is 15.1 Å². The predicted octanol–water partition coefficient (Wildman–Crippen LogP) is 2.60. The van der Waals surface area contributed by atoms with E-state index in [1.807, 2.05) is 33.8 Å². The zero-order chi connectivity index (χ0) is 13.7. The Bertz CT molecular complexity index is 401. The smallest absolute Gasteiger partial charge is 0.269 e. The number of hydrogen-bond acceptors (Lipinski definition) is 2. The summed E-state index contributed by atoms with van der Waals surface area (Å²) in [7, 11) is 0. The summed E-state index contributed by atoms with van der Waals surface area (Å²) in [4.78, 5) is 12.1. The van der Waals surface area contributed by atoms with Gasteiger partial charge in [0.15, 0.2) is 0 Å². The van der Waals surface area contributed by atoms with Crippen LogP contribution in [0.5, 0.6) is 0 Å². The first-order valence-electron chi connectivity index (χ1n) is 6.49. The molecular formula is C13H22ClN3O. The zero-order valence-electron chi connectivity index (χ0n) is 11.5. The van der Waals surface area contributed by atoms with Crippen molar-refractivity contribution in [3.05, 3.63) is 17.5 Å². The summed E-state index contributed by atoms with van der Waals surface area (Å²) >= 11 is 5.92. The van der Waals surface area contributed by atoms with Crippen molar-refractivity contribution < 1.29 is 4.79 Å². The highest BCUT2D eigenvalue weighted by Crippen LogP contribution is 2.08. The molecule has 0 spiro atoms. The van der Waals surface area contributed by atoms with E-state index in [1.54, 1.807) is 4.68 Å². The normalized spacial score (nSPS) is 14.3. The number of nitrogens with zero attached hydrogens (tertiary/aromatic N) is 2. The van der Waals surface area contributed by atoms with Crippen molar-refractivity contribution in [2.75, 3.05) is 0 Å². The summed E-state index contributed by atoms with van der Waals surface area (Å²) in [5.41, 5.74) is 1.57. The van der Waals surface area contributed by atoms with Gasteiger partial charge in [-0.2, -0.15) is 5.10 Å². The lowest BCUT2D eigenvalue weighted by molar-refractivity contribution is 0.0927. The van der Waals surface area contributed by atoms with Gasteiger partial charge in [-0.3, -0.25) is 9.48 Å². The Morgan fingerprint density at radius 1 is 1.50 bits per heavy atom. The van der Waals surface area contributed by atoms with Crippen LogP contribution in [0, 0.1) is 0 Å². The van der Waals surface area contributed by atoms with Gasteiger partial charge in [0, 0.05) is 18.0 Å². The number of hydrogen-bond donors (Lipinski definition) is 1. The highest BCUT2D eigenvalue weighted by molar-refractivity contribution is 6.20. The van der Waals surface area contributed by atoms with Gasteiger partial charge in [0.05, 0.1) is 5.69 Å². The Morgan fingerprint density at radius 2 is 2.17 bits per heavy atom. The van der Waals surface area contributed by atoms with Crippen molar-refractivity contribution in [2.45, 2.75) is 58.5 Å². The molecule has 0 aromatic carbocycles. The summed E-state index contributed by atoms with van der Waals surface area (Å²) in [6.45, 7) is 8.60. The van der Waals surface area contributed by atoms with Crippen molar-refractivity contribution in [2.24, 2.45) is 0 Å². The number of halogens is 1. The minimum absolute atomic E-state index is 0.0580. The quantitative estimate of drug-likeness (QED) is 0.809.